The molecule has 2 N–H and O–H groups in total. The number of aliphatic imine (C=N–C) groups is 1. The normalized spacial score (nSPS) is 25.1. The molecular formula is C17H32N2. The minimum atomic E-state index is 0.480. The van der Waals surface area contributed by atoms with E-state index in [0.717, 1.165) is 18.3 Å². The second-order valence-corrected chi connectivity index (χ2v) is 7.38. The molecule has 0 amide bonds. The molecule has 2 fully saturated rings. The summed E-state index contributed by atoms with van der Waals surface area (Å²) < 4.78 is 0. The first-order chi connectivity index (χ1) is 9.11. The minimum Gasteiger partial charge on any atom is -0.387 e. The van der Waals surface area contributed by atoms with Crippen LogP contribution in [0, 0.1) is 17.3 Å². The van der Waals surface area contributed by atoms with Crippen LogP contribution >= 0.6 is 0 Å². The van der Waals surface area contributed by atoms with Crippen LogP contribution in [-0.4, -0.2) is 12.4 Å². The van der Waals surface area contributed by atoms with Crippen molar-refractivity contribution in [2.75, 3.05) is 6.54 Å². The van der Waals surface area contributed by atoms with Gasteiger partial charge in [-0.25, -0.2) is 0 Å². The van der Waals surface area contributed by atoms with Gasteiger partial charge in [0.2, 0.25) is 0 Å². The van der Waals surface area contributed by atoms with Crippen LogP contribution in [-0.2, 0) is 0 Å². The van der Waals surface area contributed by atoms with E-state index < -0.39 is 0 Å². The summed E-state index contributed by atoms with van der Waals surface area (Å²) in [6.45, 7) is 5.68. The standard InChI is InChI=1S/C17H32N2/c1-14(2)12-17(10-6-7-11-17)13-19-16(18)15-8-4-3-5-9-15/h14-15H,3-13H2,1-2H3,(H2,18,19). The fraction of sp³-hybridized carbons (Fsp3) is 0.941. The van der Waals surface area contributed by atoms with E-state index in [1.54, 1.807) is 0 Å². The lowest BCUT2D eigenvalue weighted by Crippen LogP contribution is -2.29. The maximum absolute atomic E-state index is 6.27. The van der Waals surface area contributed by atoms with Crippen LogP contribution in [0.1, 0.15) is 78.1 Å². The van der Waals surface area contributed by atoms with E-state index in [-0.39, 0.29) is 0 Å². The third kappa shape index (κ3) is 4.22. The van der Waals surface area contributed by atoms with Crippen molar-refractivity contribution in [1.82, 2.24) is 0 Å². The Morgan fingerprint density at radius 1 is 1.11 bits per heavy atom. The van der Waals surface area contributed by atoms with Crippen LogP contribution in [0.15, 0.2) is 4.99 Å². The maximum atomic E-state index is 6.27. The Bertz CT molecular complexity index is 294. The Labute approximate surface area is 119 Å². The molecule has 0 saturated heterocycles. The highest BCUT2D eigenvalue weighted by molar-refractivity contribution is 5.82. The topological polar surface area (TPSA) is 38.4 Å². The lowest BCUT2D eigenvalue weighted by Gasteiger charge is -2.30. The number of hydrogen-bond acceptors (Lipinski definition) is 1. The van der Waals surface area contributed by atoms with Crippen molar-refractivity contribution in [1.29, 1.82) is 0 Å². The highest BCUT2D eigenvalue weighted by Crippen LogP contribution is 2.43. The van der Waals surface area contributed by atoms with Crippen molar-refractivity contribution in [3.8, 4) is 0 Å². The number of nitrogens with zero attached hydrogens (tertiary/aromatic N) is 1. The molecule has 0 unspecified atom stereocenters. The van der Waals surface area contributed by atoms with Crippen LogP contribution < -0.4 is 5.73 Å². The SMILES string of the molecule is CC(C)CC1(CN=C(N)C2CCCCC2)CCCC1. The number of hydrogen-bond donors (Lipinski definition) is 1. The number of amidine groups is 1. The predicted molar refractivity (Wildman–Crippen MR) is 83.4 cm³/mol. The van der Waals surface area contributed by atoms with E-state index in [9.17, 15) is 0 Å². The van der Waals surface area contributed by atoms with Crippen LogP contribution in [0.3, 0.4) is 0 Å². The van der Waals surface area contributed by atoms with Gasteiger partial charge in [0.15, 0.2) is 0 Å². The molecule has 0 bridgehead atoms. The van der Waals surface area contributed by atoms with E-state index in [1.165, 1.54) is 64.2 Å². The Morgan fingerprint density at radius 3 is 2.32 bits per heavy atom. The molecule has 110 valence electrons. The molecule has 0 atom stereocenters. The first kappa shape index (κ1) is 14.9. The molecule has 0 heterocycles. The molecule has 0 spiro atoms. The molecule has 0 aromatic carbocycles. The van der Waals surface area contributed by atoms with Gasteiger partial charge >= 0.3 is 0 Å². The molecule has 19 heavy (non-hydrogen) atoms. The van der Waals surface area contributed by atoms with Crippen LogP contribution in [0.2, 0.25) is 0 Å². The van der Waals surface area contributed by atoms with Gasteiger partial charge in [-0.05, 0) is 43.4 Å². The van der Waals surface area contributed by atoms with Crippen LogP contribution in [0.5, 0.6) is 0 Å². The van der Waals surface area contributed by atoms with Gasteiger partial charge in [0, 0.05) is 12.5 Å². The molecule has 0 aliphatic heterocycles. The van der Waals surface area contributed by atoms with Crippen molar-refractivity contribution in [3.63, 3.8) is 0 Å². The van der Waals surface area contributed by atoms with Gasteiger partial charge in [-0.1, -0.05) is 46.0 Å². The third-order valence-electron chi connectivity index (χ3n) is 5.13. The molecule has 2 aliphatic rings. The zero-order chi connectivity index (χ0) is 13.7. The minimum absolute atomic E-state index is 0.480. The molecule has 0 aromatic heterocycles. The van der Waals surface area contributed by atoms with Gasteiger partial charge in [-0.15, -0.1) is 0 Å². The van der Waals surface area contributed by atoms with Crippen molar-refractivity contribution >= 4 is 5.84 Å². The van der Waals surface area contributed by atoms with Gasteiger partial charge in [0.1, 0.15) is 0 Å². The predicted octanol–water partition coefficient (Wildman–Crippen LogP) is 4.53. The molecule has 2 aliphatic carbocycles. The fourth-order valence-electron chi connectivity index (χ4n) is 4.20. The summed E-state index contributed by atoms with van der Waals surface area (Å²) >= 11 is 0. The molecule has 2 heteroatoms. The van der Waals surface area contributed by atoms with Crippen LogP contribution in [0.25, 0.3) is 0 Å². The average Bonchev–Trinajstić information content (AvgIpc) is 2.85. The van der Waals surface area contributed by atoms with Crippen molar-refractivity contribution < 1.29 is 0 Å². The van der Waals surface area contributed by atoms with Crippen molar-refractivity contribution in [2.24, 2.45) is 28.0 Å². The summed E-state index contributed by atoms with van der Waals surface area (Å²) in [5, 5.41) is 0. The average molecular weight is 264 g/mol. The van der Waals surface area contributed by atoms with Crippen molar-refractivity contribution in [2.45, 2.75) is 78.1 Å². The summed E-state index contributed by atoms with van der Waals surface area (Å²) in [7, 11) is 0. The van der Waals surface area contributed by atoms with E-state index in [1.807, 2.05) is 0 Å². The molecule has 2 saturated carbocycles. The molecular weight excluding hydrogens is 232 g/mol. The zero-order valence-electron chi connectivity index (χ0n) is 13.0. The largest absolute Gasteiger partial charge is 0.387 e. The number of rotatable bonds is 5. The third-order valence-corrected chi connectivity index (χ3v) is 5.13. The van der Waals surface area contributed by atoms with Gasteiger partial charge in [0.05, 0.1) is 5.84 Å². The highest BCUT2D eigenvalue weighted by atomic mass is 14.9. The first-order valence-corrected chi connectivity index (χ1v) is 8.41. The molecule has 0 radical (unpaired) electrons. The molecule has 2 rings (SSSR count). The Balaban J connectivity index is 1.93. The summed E-state index contributed by atoms with van der Waals surface area (Å²) in [6, 6.07) is 0. The zero-order valence-corrected chi connectivity index (χ0v) is 13.0. The summed E-state index contributed by atoms with van der Waals surface area (Å²) in [5.74, 6) is 2.34. The van der Waals surface area contributed by atoms with E-state index in [2.05, 4.69) is 13.8 Å². The second-order valence-electron chi connectivity index (χ2n) is 7.38. The van der Waals surface area contributed by atoms with Crippen molar-refractivity contribution in [3.05, 3.63) is 0 Å². The molecule has 2 nitrogen and oxygen atoms in total. The number of nitrogens with two attached hydrogens (primary N) is 1. The lowest BCUT2D eigenvalue weighted by atomic mass is 9.78. The Hall–Kier alpha value is -0.530. The fourth-order valence-corrected chi connectivity index (χ4v) is 4.20. The maximum Gasteiger partial charge on any atom is 0.0968 e. The van der Waals surface area contributed by atoms with E-state index >= 15 is 0 Å². The first-order valence-electron chi connectivity index (χ1n) is 8.41. The summed E-state index contributed by atoms with van der Waals surface area (Å²) in [5.41, 5.74) is 6.75. The molecule has 0 aromatic rings. The van der Waals surface area contributed by atoms with Gasteiger partial charge in [-0.2, -0.15) is 0 Å². The monoisotopic (exact) mass is 264 g/mol. The van der Waals surface area contributed by atoms with Gasteiger partial charge < -0.3 is 5.73 Å². The van der Waals surface area contributed by atoms with E-state index in [0.29, 0.717) is 11.3 Å². The van der Waals surface area contributed by atoms with E-state index in [4.69, 9.17) is 10.7 Å². The summed E-state index contributed by atoms with van der Waals surface area (Å²) in [4.78, 5) is 4.85. The highest BCUT2D eigenvalue weighted by Gasteiger charge is 2.34. The lowest BCUT2D eigenvalue weighted by molar-refractivity contribution is 0.245. The van der Waals surface area contributed by atoms with Gasteiger partial charge in [-0.3, -0.25) is 4.99 Å². The Morgan fingerprint density at radius 2 is 1.74 bits per heavy atom. The smallest absolute Gasteiger partial charge is 0.0968 e. The van der Waals surface area contributed by atoms with Crippen LogP contribution in [0.4, 0.5) is 0 Å². The summed E-state index contributed by atoms with van der Waals surface area (Å²) in [6.07, 6.45) is 13.5. The van der Waals surface area contributed by atoms with Gasteiger partial charge in [0.25, 0.3) is 0 Å². The quantitative estimate of drug-likeness (QED) is 0.575. The Kier molecular flexibility index (Phi) is 5.29. The second kappa shape index (κ2) is 6.76.